The molecule has 2 atom stereocenters. The van der Waals surface area contributed by atoms with Gasteiger partial charge in [-0.05, 0) is 6.42 Å². The molecule has 6 nitrogen and oxygen atoms in total. The van der Waals surface area contributed by atoms with Gasteiger partial charge in [0, 0.05) is 6.54 Å². The quantitative estimate of drug-likeness (QED) is 0.391. The average molecular weight is 250 g/mol. The summed E-state index contributed by atoms with van der Waals surface area (Å²) in [5, 5.41) is 17.5. The molecule has 8 heteroatoms. The number of amides is 1. The van der Waals surface area contributed by atoms with Crippen molar-refractivity contribution in [3.05, 3.63) is 0 Å². The molecule has 0 aliphatic rings. The number of hydrogen-bond acceptors (Lipinski definition) is 5. The van der Waals surface area contributed by atoms with Gasteiger partial charge in [-0.1, -0.05) is 6.92 Å². The van der Waals surface area contributed by atoms with E-state index in [0.717, 1.165) is 0 Å². The Morgan fingerprint density at radius 1 is 1.57 bits per heavy atom. The van der Waals surface area contributed by atoms with Gasteiger partial charge in [0.2, 0.25) is 5.91 Å². The summed E-state index contributed by atoms with van der Waals surface area (Å²) >= 11 is 0. The number of carbonyl (C=O) groups excluding carboxylic acids is 1. The standard InChI is InChI=1S/C6H15N3O3.2ClH/c1-2-6(8,5(7)11)4(10)3-9-12;;/h4,9-10,12H,2-3,8H2,1H3,(H2,7,11);2*1H. The highest BCUT2D eigenvalue weighted by atomic mass is 35.5. The molecular weight excluding hydrogens is 233 g/mol. The number of rotatable bonds is 5. The lowest BCUT2D eigenvalue weighted by Gasteiger charge is -2.29. The second-order valence-electron chi connectivity index (χ2n) is 2.64. The number of carbonyl (C=O) groups is 1. The Morgan fingerprint density at radius 2 is 2.00 bits per heavy atom. The first-order valence-corrected chi connectivity index (χ1v) is 3.62. The molecule has 0 aliphatic carbocycles. The summed E-state index contributed by atoms with van der Waals surface area (Å²) in [5.74, 6) is -0.784. The lowest BCUT2D eigenvalue weighted by Crippen LogP contribution is -2.62. The van der Waals surface area contributed by atoms with E-state index in [9.17, 15) is 9.90 Å². The van der Waals surface area contributed by atoms with E-state index >= 15 is 0 Å². The number of halogens is 2. The number of hydroxylamine groups is 1. The third-order valence-electron chi connectivity index (χ3n) is 1.92. The van der Waals surface area contributed by atoms with Crippen LogP contribution < -0.4 is 16.9 Å². The molecule has 0 saturated carbocycles. The SMILES string of the molecule is CCC(N)(C(N)=O)C(O)CNO.Cl.Cl. The highest BCUT2D eigenvalue weighted by Gasteiger charge is 2.37. The number of nitrogens with two attached hydrogens (primary N) is 2. The minimum Gasteiger partial charge on any atom is -0.389 e. The van der Waals surface area contributed by atoms with Crippen LogP contribution >= 0.6 is 24.8 Å². The van der Waals surface area contributed by atoms with Gasteiger partial charge >= 0.3 is 0 Å². The maximum atomic E-state index is 10.8. The molecule has 0 bridgehead atoms. The van der Waals surface area contributed by atoms with Crippen LogP contribution in [0, 0.1) is 0 Å². The largest absolute Gasteiger partial charge is 0.389 e. The monoisotopic (exact) mass is 249 g/mol. The maximum Gasteiger partial charge on any atom is 0.240 e. The zero-order valence-electron chi connectivity index (χ0n) is 7.77. The van der Waals surface area contributed by atoms with Gasteiger partial charge in [0.05, 0.1) is 6.10 Å². The highest BCUT2D eigenvalue weighted by molar-refractivity contribution is 5.86. The number of aliphatic hydroxyl groups is 1. The third-order valence-corrected chi connectivity index (χ3v) is 1.92. The Kier molecular flexibility index (Phi) is 11.4. The summed E-state index contributed by atoms with van der Waals surface area (Å²) in [6.45, 7) is 1.44. The Bertz CT molecular complexity index is 172. The van der Waals surface area contributed by atoms with Gasteiger partial charge in [0.25, 0.3) is 0 Å². The third kappa shape index (κ3) is 4.41. The van der Waals surface area contributed by atoms with E-state index < -0.39 is 17.6 Å². The van der Waals surface area contributed by atoms with Crippen molar-refractivity contribution in [1.29, 1.82) is 0 Å². The van der Waals surface area contributed by atoms with Crippen molar-refractivity contribution in [2.24, 2.45) is 11.5 Å². The zero-order valence-corrected chi connectivity index (χ0v) is 9.40. The van der Waals surface area contributed by atoms with Crippen LogP contribution in [0.4, 0.5) is 0 Å². The van der Waals surface area contributed by atoms with Crippen LogP contribution in [0.15, 0.2) is 0 Å². The average Bonchev–Trinajstić information content (AvgIpc) is 2.03. The van der Waals surface area contributed by atoms with Gasteiger partial charge in [-0.25, -0.2) is 5.48 Å². The number of primary amides is 1. The maximum absolute atomic E-state index is 10.8. The Balaban J connectivity index is -0.000000605. The van der Waals surface area contributed by atoms with Crippen LogP contribution in [0.5, 0.6) is 0 Å². The van der Waals surface area contributed by atoms with Crippen molar-refractivity contribution in [1.82, 2.24) is 5.48 Å². The molecule has 0 saturated heterocycles. The van der Waals surface area contributed by atoms with E-state index in [-0.39, 0.29) is 37.8 Å². The van der Waals surface area contributed by atoms with Crippen LogP contribution in [0.25, 0.3) is 0 Å². The van der Waals surface area contributed by atoms with E-state index in [2.05, 4.69) is 0 Å². The van der Waals surface area contributed by atoms with Crippen LogP contribution in [0.1, 0.15) is 13.3 Å². The lowest BCUT2D eigenvalue weighted by atomic mass is 9.90. The Morgan fingerprint density at radius 3 is 2.21 bits per heavy atom. The molecule has 0 heterocycles. The molecule has 0 fully saturated rings. The minimum absolute atomic E-state index is 0. The van der Waals surface area contributed by atoms with E-state index in [1.165, 1.54) is 0 Å². The van der Waals surface area contributed by atoms with E-state index in [1.54, 1.807) is 12.4 Å². The van der Waals surface area contributed by atoms with Gasteiger partial charge in [0.15, 0.2) is 0 Å². The molecule has 0 aromatic rings. The molecule has 1 amide bonds. The van der Waals surface area contributed by atoms with Crippen molar-refractivity contribution in [3.63, 3.8) is 0 Å². The topological polar surface area (TPSA) is 122 Å². The van der Waals surface area contributed by atoms with Crippen LogP contribution in [-0.4, -0.2) is 34.4 Å². The first kappa shape index (κ1) is 19.5. The molecule has 0 rings (SSSR count). The summed E-state index contributed by atoms with van der Waals surface area (Å²) in [4.78, 5) is 10.8. The van der Waals surface area contributed by atoms with Crippen LogP contribution in [-0.2, 0) is 4.79 Å². The summed E-state index contributed by atoms with van der Waals surface area (Å²) in [6, 6.07) is 0. The van der Waals surface area contributed by atoms with E-state index in [1.807, 2.05) is 0 Å². The molecule has 0 spiro atoms. The summed E-state index contributed by atoms with van der Waals surface area (Å²) in [5.41, 5.74) is 10.7. The van der Waals surface area contributed by atoms with Gasteiger partial charge < -0.3 is 21.8 Å². The van der Waals surface area contributed by atoms with Crippen LogP contribution in [0.2, 0.25) is 0 Å². The number of nitrogens with one attached hydrogen (secondary N) is 1. The van der Waals surface area contributed by atoms with Gasteiger partial charge in [-0.15, -0.1) is 24.8 Å². The van der Waals surface area contributed by atoms with E-state index in [0.29, 0.717) is 0 Å². The van der Waals surface area contributed by atoms with Gasteiger partial charge in [-0.2, -0.15) is 0 Å². The Labute approximate surface area is 94.8 Å². The highest BCUT2D eigenvalue weighted by Crippen LogP contribution is 2.10. The van der Waals surface area contributed by atoms with Gasteiger partial charge in [0.1, 0.15) is 5.54 Å². The summed E-state index contributed by atoms with van der Waals surface area (Å²) in [6.07, 6.45) is -0.976. The van der Waals surface area contributed by atoms with Crippen molar-refractivity contribution >= 4 is 30.7 Å². The molecule has 7 N–H and O–H groups in total. The summed E-state index contributed by atoms with van der Waals surface area (Å²) in [7, 11) is 0. The smallest absolute Gasteiger partial charge is 0.240 e. The predicted molar refractivity (Wildman–Crippen MR) is 56.7 cm³/mol. The molecule has 0 radical (unpaired) electrons. The number of aliphatic hydroxyl groups excluding tert-OH is 1. The number of hydrogen-bond donors (Lipinski definition) is 5. The predicted octanol–water partition coefficient (Wildman–Crippen LogP) is -1.24. The lowest BCUT2D eigenvalue weighted by molar-refractivity contribution is -0.127. The van der Waals surface area contributed by atoms with Crippen LogP contribution in [0.3, 0.4) is 0 Å². The molecular formula is C6H17Cl2N3O3. The fourth-order valence-electron chi connectivity index (χ4n) is 0.843. The van der Waals surface area contributed by atoms with Gasteiger partial charge in [-0.3, -0.25) is 4.79 Å². The Hall–Kier alpha value is -0.110. The molecule has 14 heavy (non-hydrogen) atoms. The molecule has 0 aliphatic heterocycles. The zero-order chi connectivity index (χ0) is 9.78. The first-order valence-electron chi connectivity index (χ1n) is 3.62. The normalized spacial score (nSPS) is 15.7. The molecule has 0 aromatic heterocycles. The minimum atomic E-state index is -1.48. The van der Waals surface area contributed by atoms with Crippen molar-refractivity contribution in [2.75, 3.05) is 6.54 Å². The molecule has 88 valence electrons. The van der Waals surface area contributed by atoms with Crippen molar-refractivity contribution in [2.45, 2.75) is 25.0 Å². The first-order chi connectivity index (χ1) is 5.49. The van der Waals surface area contributed by atoms with E-state index in [4.69, 9.17) is 16.7 Å². The summed E-state index contributed by atoms with van der Waals surface area (Å²) < 4.78 is 0. The van der Waals surface area contributed by atoms with Crippen molar-refractivity contribution in [3.8, 4) is 0 Å². The molecule has 0 aromatic carbocycles. The fraction of sp³-hybridized carbons (Fsp3) is 0.833. The second kappa shape index (κ2) is 8.22. The second-order valence-corrected chi connectivity index (χ2v) is 2.64. The van der Waals surface area contributed by atoms with Crippen molar-refractivity contribution < 1.29 is 15.1 Å². The molecule has 2 unspecified atom stereocenters. The fourth-order valence-corrected chi connectivity index (χ4v) is 0.843.